The molecule has 4 heteroatoms. The van der Waals surface area contributed by atoms with Crippen LogP contribution >= 0.6 is 0 Å². The molecule has 1 unspecified atom stereocenters. The van der Waals surface area contributed by atoms with Crippen LogP contribution in [0.4, 0.5) is 10.5 Å². The van der Waals surface area contributed by atoms with Gasteiger partial charge in [0.2, 0.25) is 0 Å². The Morgan fingerprint density at radius 1 is 1.38 bits per heavy atom. The molecular formula is C12H14N2O2. The van der Waals surface area contributed by atoms with Crippen LogP contribution in [0.25, 0.3) is 0 Å². The fourth-order valence-corrected chi connectivity index (χ4v) is 2.46. The predicted octanol–water partition coefficient (Wildman–Crippen LogP) is 1.69. The van der Waals surface area contributed by atoms with E-state index in [0.29, 0.717) is 12.5 Å². The third-order valence-corrected chi connectivity index (χ3v) is 3.25. The first-order valence-corrected chi connectivity index (χ1v) is 5.59. The van der Waals surface area contributed by atoms with E-state index >= 15 is 0 Å². The van der Waals surface area contributed by atoms with Crippen LogP contribution < -0.4 is 10.6 Å². The minimum absolute atomic E-state index is 0.158. The number of amides is 1. The van der Waals surface area contributed by atoms with E-state index in [1.54, 1.807) is 0 Å². The van der Waals surface area contributed by atoms with Gasteiger partial charge < -0.3 is 15.4 Å². The number of para-hydroxylation sites is 1. The molecule has 0 spiro atoms. The van der Waals surface area contributed by atoms with Gasteiger partial charge >= 0.3 is 6.09 Å². The maximum Gasteiger partial charge on any atom is 0.407 e. The monoisotopic (exact) mass is 218 g/mol. The molecule has 1 aromatic carbocycles. The number of hydrogen-bond acceptors (Lipinski definition) is 3. The number of nitrogens with one attached hydrogen (secondary N) is 2. The quantitative estimate of drug-likeness (QED) is 0.794. The highest BCUT2D eigenvalue weighted by atomic mass is 16.6. The van der Waals surface area contributed by atoms with E-state index in [4.69, 9.17) is 4.74 Å². The molecule has 16 heavy (non-hydrogen) atoms. The highest BCUT2D eigenvalue weighted by Crippen LogP contribution is 2.34. The van der Waals surface area contributed by atoms with Crippen molar-refractivity contribution in [3.8, 4) is 0 Å². The van der Waals surface area contributed by atoms with Crippen molar-refractivity contribution in [2.75, 3.05) is 18.5 Å². The molecule has 2 N–H and O–H groups in total. The van der Waals surface area contributed by atoms with Crippen molar-refractivity contribution < 1.29 is 9.53 Å². The van der Waals surface area contributed by atoms with Crippen molar-refractivity contribution in [2.45, 2.75) is 18.4 Å². The number of hydrogen-bond donors (Lipinski definition) is 2. The fourth-order valence-electron chi connectivity index (χ4n) is 2.46. The van der Waals surface area contributed by atoms with Crippen molar-refractivity contribution >= 4 is 11.8 Å². The van der Waals surface area contributed by atoms with E-state index in [1.807, 2.05) is 6.07 Å². The summed E-state index contributed by atoms with van der Waals surface area (Å²) in [7, 11) is 0. The Labute approximate surface area is 94.0 Å². The van der Waals surface area contributed by atoms with E-state index in [-0.39, 0.29) is 12.1 Å². The maximum atomic E-state index is 10.9. The van der Waals surface area contributed by atoms with Gasteiger partial charge in [-0.25, -0.2) is 4.79 Å². The lowest BCUT2D eigenvalue weighted by Gasteiger charge is -2.13. The highest BCUT2D eigenvalue weighted by molar-refractivity contribution is 5.69. The van der Waals surface area contributed by atoms with Crippen LogP contribution in [-0.4, -0.2) is 25.3 Å². The number of ether oxygens (including phenoxy) is 1. The van der Waals surface area contributed by atoms with Crippen LogP contribution in [-0.2, 0) is 4.74 Å². The van der Waals surface area contributed by atoms with Gasteiger partial charge in [0.15, 0.2) is 0 Å². The first kappa shape index (κ1) is 9.51. The molecule has 2 atom stereocenters. The zero-order chi connectivity index (χ0) is 11.0. The van der Waals surface area contributed by atoms with Crippen molar-refractivity contribution in [3.63, 3.8) is 0 Å². The standard InChI is InChI=1S/C12H14N2O2/c15-12-14-9(7-16-12)5-8-6-13-11-4-2-1-3-10(8)11/h1-4,8-9,13H,5-7H2,(H,14,15)/t8?,9-/m1/s1. The van der Waals surface area contributed by atoms with Gasteiger partial charge in [-0.1, -0.05) is 18.2 Å². The summed E-state index contributed by atoms with van der Waals surface area (Å²) in [5.74, 6) is 0.475. The number of carbonyl (C=O) groups is 1. The number of cyclic esters (lactones) is 1. The van der Waals surface area contributed by atoms with Gasteiger partial charge in [0.1, 0.15) is 6.61 Å². The van der Waals surface area contributed by atoms with E-state index in [0.717, 1.165) is 13.0 Å². The summed E-state index contributed by atoms with van der Waals surface area (Å²) in [4.78, 5) is 10.9. The first-order valence-electron chi connectivity index (χ1n) is 5.59. The van der Waals surface area contributed by atoms with Gasteiger partial charge in [0.05, 0.1) is 6.04 Å². The third kappa shape index (κ3) is 1.60. The molecule has 2 aliphatic heterocycles. The van der Waals surface area contributed by atoms with E-state index in [2.05, 4.69) is 28.8 Å². The van der Waals surface area contributed by atoms with Gasteiger partial charge in [-0.05, 0) is 18.1 Å². The second kappa shape index (κ2) is 3.70. The molecule has 0 aromatic heterocycles. The molecule has 2 aliphatic rings. The van der Waals surface area contributed by atoms with Gasteiger partial charge in [-0.15, -0.1) is 0 Å². The molecule has 2 heterocycles. The predicted molar refractivity (Wildman–Crippen MR) is 60.6 cm³/mol. The van der Waals surface area contributed by atoms with Crippen LogP contribution in [0.5, 0.6) is 0 Å². The lowest BCUT2D eigenvalue weighted by Crippen LogP contribution is -2.28. The third-order valence-electron chi connectivity index (χ3n) is 3.25. The molecule has 0 saturated carbocycles. The second-order valence-electron chi connectivity index (χ2n) is 4.34. The van der Waals surface area contributed by atoms with Gasteiger partial charge in [0, 0.05) is 18.2 Å². The molecule has 1 aromatic rings. The fraction of sp³-hybridized carbons (Fsp3) is 0.417. The lowest BCUT2D eigenvalue weighted by molar-refractivity contribution is 0.176. The number of carbonyl (C=O) groups excluding carboxylic acids is 1. The normalized spacial score (nSPS) is 26.9. The SMILES string of the molecule is O=C1N[C@H](CC2CNc3ccccc32)CO1. The topological polar surface area (TPSA) is 50.4 Å². The zero-order valence-electron chi connectivity index (χ0n) is 8.90. The van der Waals surface area contributed by atoms with Gasteiger partial charge in [-0.2, -0.15) is 0 Å². The number of benzene rings is 1. The molecule has 1 saturated heterocycles. The van der Waals surface area contributed by atoms with Gasteiger partial charge in [0.25, 0.3) is 0 Å². The zero-order valence-corrected chi connectivity index (χ0v) is 8.90. The Morgan fingerprint density at radius 2 is 2.25 bits per heavy atom. The Bertz CT molecular complexity index is 419. The van der Waals surface area contributed by atoms with E-state index in [1.165, 1.54) is 11.3 Å². The van der Waals surface area contributed by atoms with Crippen molar-refractivity contribution in [1.29, 1.82) is 0 Å². The summed E-state index contributed by atoms with van der Waals surface area (Å²) < 4.78 is 4.89. The first-order chi connectivity index (χ1) is 7.83. The average Bonchev–Trinajstić information content (AvgIpc) is 2.87. The van der Waals surface area contributed by atoms with E-state index < -0.39 is 0 Å². The van der Waals surface area contributed by atoms with Crippen LogP contribution in [0, 0.1) is 0 Å². The van der Waals surface area contributed by atoms with Crippen molar-refractivity contribution in [2.24, 2.45) is 0 Å². The number of alkyl carbamates (subject to hydrolysis) is 1. The molecule has 0 aliphatic carbocycles. The Morgan fingerprint density at radius 3 is 3.06 bits per heavy atom. The Hall–Kier alpha value is -1.71. The largest absolute Gasteiger partial charge is 0.447 e. The lowest BCUT2D eigenvalue weighted by atomic mass is 9.94. The van der Waals surface area contributed by atoms with Gasteiger partial charge in [-0.3, -0.25) is 0 Å². The maximum absolute atomic E-state index is 10.9. The molecule has 3 rings (SSSR count). The van der Waals surface area contributed by atoms with E-state index in [9.17, 15) is 4.79 Å². The van der Waals surface area contributed by atoms with Crippen molar-refractivity contribution in [1.82, 2.24) is 5.32 Å². The van der Waals surface area contributed by atoms with Crippen LogP contribution in [0.2, 0.25) is 0 Å². The summed E-state index contributed by atoms with van der Waals surface area (Å²) in [6, 6.07) is 8.50. The van der Waals surface area contributed by atoms with Crippen LogP contribution in [0.15, 0.2) is 24.3 Å². The summed E-state index contributed by atoms with van der Waals surface area (Å²) in [6.07, 6.45) is 0.652. The van der Waals surface area contributed by atoms with Crippen LogP contribution in [0.1, 0.15) is 17.9 Å². The number of anilines is 1. The highest BCUT2D eigenvalue weighted by Gasteiger charge is 2.29. The minimum atomic E-state index is -0.288. The molecule has 1 fully saturated rings. The number of fused-ring (bicyclic) bond motifs is 1. The minimum Gasteiger partial charge on any atom is -0.447 e. The average molecular weight is 218 g/mol. The molecule has 0 radical (unpaired) electrons. The summed E-state index contributed by atoms with van der Waals surface area (Å²) in [6.45, 7) is 1.45. The van der Waals surface area contributed by atoms with Crippen LogP contribution in [0.3, 0.4) is 0 Å². The smallest absolute Gasteiger partial charge is 0.407 e. The molecule has 1 amide bonds. The summed E-state index contributed by atoms with van der Waals surface area (Å²) in [5, 5.41) is 6.20. The Balaban J connectivity index is 1.71. The van der Waals surface area contributed by atoms with Crippen molar-refractivity contribution in [3.05, 3.63) is 29.8 Å². The molecule has 84 valence electrons. The molecular weight excluding hydrogens is 204 g/mol. The summed E-state index contributed by atoms with van der Waals surface area (Å²) >= 11 is 0. The second-order valence-corrected chi connectivity index (χ2v) is 4.34. The molecule has 0 bridgehead atoms. The summed E-state index contributed by atoms with van der Waals surface area (Å²) in [5.41, 5.74) is 2.57. The number of rotatable bonds is 2. The molecule has 4 nitrogen and oxygen atoms in total. The Kier molecular flexibility index (Phi) is 2.20.